The highest BCUT2D eigenvalue weighted by Gasteiger charge is 2.26. The van der Waals surface area contributed by atoms with E-state index < -0.39 is 0 Å². The molecule has 0 saturated carbocycles. The summed E-state index contributed by atoms with van der Waals surface area (Å²) in [6.45, 7) is 10.7. The summed E-state index contributed by atoms with van der Waals surface area (Å²) in [6.07, 6.45) is 0. The van der Waals surface area contributed by atoms with Gasteiger partial charge in [0.1, 0.15) is 0 Å². The predicted molar refractivity (Wildman–Crippen MR) is 82.8 cm³/mol. The van der Waals surface area contributed by atoms with E-state index in [1.54, 1.807) is 0 Å². The van der Waals surface area contributed by atoms with E-state index >= 15 is 0 Å². The summed E-state index contributed by atoms with van der Waals surface area (Å²) in [4.78, 5) is 4.93. The smallest absolute Gasteiger partial charge is 0.0539 e. The number of rotatable bonds is 2. The van der Waals surface area contributed by atoms with E-state index in [-0.39, 0.29) is 0 Å². The number of aryl methyl sites for hydroxylation is 1. The van der Waals surface area contributed by atoms with E-state index in [9.17, 15) is 0 Å². The highest BCUT2D eigenvalue weighted by Crippen LogP contribution is 2.27. The second-order valence-electron chi connectivity index (χ2n) is 6.09. The second-order valence-corrected chi connectivity index (χ2v) is 6.09. The van der Waals surface area contributed by atoms with Crippen molar-refractivity contribution in [1.29, 1.82) is 0 Å². The van der Waals surface area contributed by atoms with Crippen LogP contribution in [0.15, 0.2) is 18.2 Å². The lowest BCUT2D eigenvalue weighted by molar-refractivity contribution is 0.304. The third-order valence-electron chi connectivity index (χ3n) is 4.25. The summed E-state index contributed by atoms with van der Waals surface area (Å²) < 4.78 is 0. The van der Waals surface area contributed by atoms with Gasteiger partial charge in [-0.2, -0.15) is 0 Å². The number of nitrogens with zero attached hydrogens (tertiary/aromatic N) is 2. The van der Waals surface area contributed by atoms with Crippen LogP contribution in [0.5, 0.6) is 0 Å². The first-order valence-electron chi connectivity index (χ1n) is 7.24. The van der Waals surface area contributed by atoms with Crippen molar-refractivity contribution >= 4 is 5.69 Å². The number of nitrogens with two attached hydrogens (primary N) is 1. The molecule has 19 heavy (non-hydrogen) atoms. The van der Waals surface area contributed by atoms with Crippen molar-refractivity contribution in [3.8, 4) is 0 Å². The van der Waals surface area contributed by atoms with Gasteiger partial charge in [-0.25, -0.2) is 0 Å². The molecule has 0 aliphatic carbocycles. The van der Waals surface area contributed by atoms with Gasteiger partial charge < -0.3 is 15.5 Å². The molecule has 2 N–H and O–H groups in total. The fourth-order valence-electron chi connectivity index (χ4n) is 3.15. The van der Waals surface area contributed by atoms with E-state index in [4.69, 9.17) is 5.73 Å². The number of hydrogen-bond acceptors (Lipinski definition) is 3. The Morgan fingerprint density at radius 3 is 2.63 bits per heavy atom. The molecule has 1 aromatic rings. The van der Waals surface area contributed by atoms with Gasteiger partial charge in [-0.3, -0.25) is 0 Å². The van der Waals surface area contributed by atoms with Crippen LogP contribution in [0.2, 0.25) is 0 Å². The highest BCUT2D eigenvalue weighted by molar-refractivity contribution is 5.57. The highest BCUT2D eigenvalue weighted by atomic mass is 15.2. The van der Waals surface area contributed by atoms with Gasteiger partial charge in [-0.15, -0.1) is 0 Å². The monoisotopic (exact) mass is 261 g/mol. The third kappa shape index (κ3) is 3.10. The van der Waals surface area contributed by atoms with Crippen molar-refractivity contribution in [2.75, 3.05) is 38.1 Å². The van der Waals surface area contributed by atoms with Crippen LogP contribution < -0.4 is 10.6 Å². The van der Waals surface area contributed by atoms with Crippen molar-refractivity contribution in [1.82, 2.24) is 4.90 Å². The standard InChI is InChI=1S/C16H27N3/c1-12-9-18(4)11-15(8-17)19(10-12)16-7-5-6-13(2)14(16)3/h5-7,12,15H,8-11,17H2,1-4H3. The molecule has 1 aliphatic rings. The minimum absolute atomic E-state index is 0.412. The average Bonchev–Trinajstić information content (AvgIpc) is 2.50. The van der Waals surface area contributed by atoms with E-state index in [0.29, 0.717) is 18.5 Å². The first-order valence-corrected chi connectivity index (χ1v) is 7.24. The van der Waals surface area contributed by atoms with Crippen molar-refractivity contribution in [3.05, 3.63) is 29.3 Å². The van der Waals surface area contributed by atoms with E-state index in [1.165, 1.54) is 16.8 Å². The molecule has 1 aliphatic heterocycles. The van der Waals surface area contributed by atoms with Crippen LogP contribution in [0.25, 0.3) is 0 Å². The Hall–Kier alpha value is -1.06. The van der Waals surface area contributed by atoms with Gasteiger partial charge in [-0.1, -0.05) is 19.1 Å². The summed E-state index contributed by atoms with van der Waals surface area (Å²) >= 11 is 0. The molecule has 0 spiro atoms. The van der Waals surface area contributed by atoms with Gasteiger partial charge in [0.05, 0.1) is 6.04 Å². The minimum atomic E-state index is 0.412. The van der Waals surface area contributed by atoms with Gasteiger partial charge in [0.15, 0.2) is 0 Å². The summed E-state index contributed by atoms with van der Waals surface area (Å²) in [6, 6.07) is 6.99. The van der Waals surface area contributed by atoms with Gasteiger partial charge in [0, 0.05) is 31.9 Å². The molecule has 1 aromatic carbocycles. The fourth-order valence-corrected chi connectivity index (χ4v) is 3.15. The Morgan fingerprint density at radius 1 is 1.21 bits per heavy atom. The zero-order valence-corrected chi connectivity index (χ0v) is 12.7. The van der Waals surface area contributed by atoms with Crippen LogP contribution in [-0.4, -0.2) is 44.2 Å². The maximum atomic E-state index is 6.03. The fraction of sp³-hybridized carbons (Fsp3) is 0.625. The van der Waals surface area contributed by atoms with Crippen LogP contribution >= 0.6 is 0 Å². The Labute approximate surface area is 117 Å². The van der Waals surface area contributed by atoms with Crippen LogP contribution in [-0.2, 0) is 0 Å². The zero-order valence-electron chi connectivity index (χ0n) is 12.7. The molecule has 3 nitrogen and oxygen atoms in total. The van der Waals surface area contributed by atoms with E-state index in [2.05, 4.69) is 55.8 Å². The molecule has 0 bridgehead atoms. The molecule has 0 aromatic heterocycles. The molecule has 2 rings (SSSR count). The SMILES string of the molecule is Cc1cccc(N2CC(C)CN(C)CC2CN)c1C. The summed E-state index contributed by atoms with van der Waals surface area (Å²) in [5, 5.41) is 0. The van der Waals surface area contributed by atoms with Gasteiger partial charge in [0.25, 0.3) is 0 Å². The van der Waals surface area contributed by atoms with Gasteiger partial charge in [-0.05, 0) is 44.0 Å². The molecular formula is C16H27N3. The summed E-state index contributed by atoms with van der Waals surface area (Å²) in [5.41, 5.74) is 10.1. The molecule has 1 fully saturated rings. The number of anilines is 1. The summed E-state index contributed by atoms with van der Waals surface area (Å²) in [5.74, 6) is 0.668. The molecule has 2 atom stereocenters. The predicted octanol–water partition coefficient (Wildman–Crippen LogP) is 2.02. The minimum Gasteiger partial charge on any atom is -0.365 e. The van der Waals surface area contributed by atoms with Crippen LogP contribution in [0.1, 0.15) is 18.1 Å². The molecule has 1 heterocycles. The Bertz CT molecular complexity index is 430. The van der Waals surface area contributed by atoms with Gasteiger partial charge in [0.2, 0.25) is 0 Å². The number of benzene rings is 1. The first-order chi connectivity index (χ1) is 9.02. The van der Waals surface area contributed by atoms with Crippen LogP contribution in [0.3, 0.4) is 0 Å². The maximum absolute atomic E-state index is 6.03. The molecule has 106 valence electrons. The Kier molecular flexibility index (Phi) is 4.48. The zero-order chi connectivity index (χ0) is 14.0. The number of likely N-dealkylation sites (N-methyl/N-ethyl adjacent to an activating group) is 1. The van der Waals surface area contributed by atoms with Crippen LogP contribution in [0.4, 0.5) is 5.69 Å². The largest absolute Gasteiger partial charge is 0.365 e. The van der Waals surface area contributed by atoms with Crippen molar-refractivity contribution in [2.45, 2.75) is 26.8 Å². The Balaban J connectivity index is 2.36. The second kappa shape index (κ2) is 5.93. The lowest BCUT2D eigenvalue weighted by Gasteiger charge is -2.34. The quantitative estimate of drug-likeness (QED) is 0.884. The molecule has 2 unspecified atom stereocenters. The molecule has 3 heteroatoms. The number of hydrogen-bond donors (Lipinski definition) is 1. The van der Waals surface area contributed by atoms with Crippen LogP contribution in [0, 0.1) is 19.8 Å². The lowest BCUT2D eigenvalue weighted by Crippen LogP contribution is -2.45. The van der Waals surface area contributed by atoms with E-state index in [0.717, 1.165) is 19.6 Å². The molecule has 0 radical (unpaired) electrons. The first kappa shape index (κ1) is 14.4. The topological polar surface area (TPSA) is 32.5 Å². The molecular weight excluding hydrogens is 234 g/mol. The molecule has 0 amide bonds. The van der Waals surface area contributed by atoms with Crippen molar-refractivity contribution in [2.24, 2.45) is 11.7 Å². The van der Waals surface area contributed by atoms with Gasteiger partial charge >= 0.3 is 0 Å². The van der Waals surface area contributed by atoms with Crippen molar-refractivity contribution in [3.63, 3.8) is 0 Å². The third-order valence-corrected chi connectivity index (χ3v) is 4.25. The Morgan fingerprint density at radius 2 is 1.95 bits per heavy atom. The van der Waals surface area contributed by atoms with E-state index in [1.807, 2.05) is 0 Å². The summed E-state index contributed by atoms with van der Waals surface area (Å²) in [7, 11) is 2.20. The van der Waals surface area contributed by atoms with Crippen molar-refractivity contribution < 1.29 is 0 Å². The normalized spacial score (nSPS) is 25.4. The average molecular weight is 261 g/mol. The lowest BCUT2D eigenvalue weighted by atomic mass is 10.0. The maximum Gasteiger partial charge on any atom is 0.0539 e. The molecule has 1 saturated heterocycles.